The van der Waals surface area contributed by atoms with Crippen molar-refractivity contribution in [2.24, 2.45) is 5.73 Å². The quantitative estimate of drug-likeness (QED) is 0.0273. The largest absolute Gasteiger partial charge is 0.472 e. The molecule has 0 aliphatic carbocycles. The molecule has 0 spiro atoms. The maximum atomic E-state index is 12.8. The Labute approximate surface area is 359 Å². The first-order chi connectivity index (χ1) is 28.4. The van der Waals surface area contributed by atoms with Gasteiger partial charge in [0.2, 0.25) is 5.91 Å². The van der Waals surface area contributed by atoms with Gasteiger partial charge in [-0.05, 0) is 57.8 Å². The van der Waals surface area contributed by atoms with E-state index in [2.05, 4.69) is 43.5 Å². The molecule has 3 atom stereocenters. The first kappa shape index (κ1) is 56.7. The third-order valence-electron chi connectivity index (χ3n) is 10.9. The van der Waals surface area contributed by atoms with Gasteiger partial charge in [-0.3, -0.25) is 13.8 Å². The zero-order valence-corrected chi connectivity index (χ0v) is 38.9. The maximum Gasteiger partial charge on any atom is 0.472 e. The standard InChI is InChI=1S/C49H95N2O6P/c1-3-5-7-9-11-13-15-17-19-21-22-23-24-25-26-27-29-31-33-35-37-39-41-43-49(53)51-47(46-57-58(54,55)56-45-44-50)48(52)42-40-38-36-34-32-30-28-20-18-16-14-12-10-8-6-4-2/h21-22,32,34,40,42,47-48,52H,3-20,23-31,33,35-39,41,43-46,50H2,1-2H3,(H,51,53)(H,54,55)/b22-21-,34-32+,42-40+. The minimum Gasteiger partial charge on any atom is -0.387 e. The molecular formula is C49H95N2O6P. The van der Waals surface area contributed by atoms with Crippen LogP contribution in [-0.2, 0) is 18.4 Å². The fourth-order valence-corrected chi connectivity index (χ4v) is 7.96. The number of allylic oxidation sites excluding steroid dienone is 5. The van der Waals surface area contributed by atoms with Crippen LogP contribution < -0.4 is 11.1 Å². The van der Waals surface area contributed by atoms with Gasteiger partial charge in [0.15, 0.2) is 0 Å². The first-order valence-corrected chi connectivity index (χ1v) is 26.1. The van der Waals surface area contributed by atoms with E-state index >= 15 is 0 Å². The zero-order chi connectivity index (χ0) is 42.5. The predicted octanol–water partition coefficient (Wildman–Crippen LogP) is 14.3. The highest BCUT2D eigenvalue weighted by atomic mass is 31.2. The zero-order valence-electron chi connectivity index (χ0n) is 38.0. The first-order valence-electron chi connectivity index (χ1n) is 24.6. The number of hydrogen-bond acceptors (Lipinski definition) is 6. The molecule has 342 valence electrons. The Morgan fingerprint density at radius 3 is 1.33 bits per heavy atom. The number of phosphoric acid groups is 1. The number of unbranched alkanes of at least 4 members (excludes halogenated alkanes) is 30. The lowest BCUT2D eigenvalue weighted by molar-refractivity contribution is -0.123. The molecule has 0 aliphatic heterocycles. The van der Waals surface area contributed by atoms with Gasteiger partial charge in [0.1, 0.15) is 0 Å². The molecular weight excluding hydrogens is 744 g/mol. The number of hydrogen-bond donors (Lipinski definition) is 4. The van der Waals surface area contributed by atoms with Crippen molar-refractivity contribution in [1.29, 1.82) is 0 Å². The van der Waals surface area contributed by atoms with Crippen molar-refractivity contribution < 1.29 is 28.4 Å². The van der Waals surface area contributed by atoms with Gasteiger partial charge in [-0.1, -0.05) is 211 Å². The summed E-state index contributed by atoms with van der Waals surface area (Å²) in [6.07, 6.45) is 54.9. The summed E-state index contributed by atoms with van der Waals surface area (Å²) >= 11 is 0. The number of aliphatic hydroxyl groups excluding tert-OH is 1. The summed E-state index contributed by atoms with van der Waals surface area (Å²) in [6, 6.07) is -0.876. The second-order valence-corrected chi connectivity index (χ2v) is 18.1. The van der Waals surface area contributed by atoms with Gasteiger partial charge in [-0.25, -0.2) is 4.57 Å². The normalized spacial score (nSPS) is 14.2. The van der Waals surface area contributed by atoms with E-state index in [1.54, 1.807) is 6.08 Å². The van der Waals surface area contributed by atoms with Crippen molar-refractivity contribution in [2.75, 3.05) is 19.8 Å². The van der Waals surface area contributed by atoms with Crippen molar-refractivity contribution in [3.05, 3.63) is 36.5 Å². The third-order valence-corrected chi connectivity index (χ3v) is 11.9. The molecule has 1 amide bonds. The molecule has 5 N–H and O–H groups in total. The highest BCUT2D eigenvalue weighted by molar-refractivity contribution is 7.47. The topological polar surface area (TPSA) is 131 Å². The van der Waals surface area contributed by atoms with E-state index in [1.165, 1.54) is 180 Å². The molecule has 0 rings (SSSR count). The Bertz CT molecular complexity index is 1010. The highest BCUT2D eigenvalue weighted by Gasteiger charge is 2.26. The molecule has 0 fully saturated rings. The number of carbonyl (C=O) groups is 1. The fourth-order valence-electron chi connectivity index (χ4n) is 7.20. The van der Waals surface area contributed by atoms with Gasteiger partial charge < -0.3 is 21.1 Å². The van der Waals surface area contributed by atoms with E-state index in [9.17, 15) is 19.4 Å². The molecule has 0 saturated carbocycles. The molecule has 8 nitrogen and oxygen atoms in total. The molecule has 0 heterocycles. The van der Waals surface area contributed by atoms with Crippen molar-refractivity contribution >= 4 is 13.7 Å². The van der Waals surface area contributed by atoms with Crippen LogP contribution in [-0.4, -0.2) is 47.8 Å². The minimum atomic E-state index is -4.35. The maximum absolute atomic E-state index is 12.8. The number of carbonyl (C=O) groups excluding carboxylic acids is 1. The van der Waals surface area contributed by atoms with Gasteiger partial charge in [0.25, 0.3) is 0 Å². The molecule has 0 aromatic carbocycles. The van der Waals surface area contributed by atoms with Crippen molar-refractivity contribution in [1.82, 2.24) is 5.32 Å². The molecule has 9 heteroatoms. The smallest absolute Gasteiger partial charge is 0.387 e. The van der Waals surface area contributed by atoms with Crippen molar-refractivity contribution in [3.63, 3.8) is 0 Å². The molecule has 0 aromatic heterocycles. The van der Waals surface area contributed by atoms with Crippen LogP contribution in [0.15, 0.2) is 36.5 Å². The molecule has 0 aliphatic rings. The van der Waals surface area contributed by atoms with Crippen molar-refractivity contribution in [3.8, 4) is 0 Å². The summed E-state index contributed by atoms with van der Waals surface area (Å²) in [7, 11) is -4.35. The molecule has 3 unspecified atom stereocenters. The SMILES string of the molecule is CCCCCCCCCC/C=C\CCCCCCCCCCCCCC(=O)NC(COP(=O)(O)OCCN)C(O)/C=C/CC/C=C/CCCCCCCCCCCC. The Kier molecular flexibility index (Phi) is 44.3. The van der Waals surface area contributed by atoms with E-state index in [0.717, 1.165) is 38.5 Å². The molecule has 58 heavy (non-hydrogen) atoms. The number of nitrogens with one attached hydrogen (secondary N) is 1. The van der Waals surface area contributed by atoms with Gasteiger partial charge in [-0.15, -0.1) is 0 Å². The Balaban J connectivity index is 4.12. The van der Waals surface area contributed by atoms with Crippen LogP contribution in [0.1, 0.15) is 239 Å². The van der Waals surface area contributed by atoms with Crippen LogP contribution in [0.5, 0.6) is 0 Å². The van der Waals surface area contributed by atoms with Crippen LogP contribution in [0.25, 0.3) is 0 Å². The summed E-state index contributed by atoms with van der Waals surface area (Å²) in [5.41, 5.74) is 5.38. The lowest BCUT2D eigenvalue weighted by atomic mass is 10.0. The van der Waals surface area contributed by atoms with Crippen LogP contribution >= 0.6 is 7.82 Å². The molecule has 0 aromatic rings. The van der Waals surface area contributed by atoms with Crippen LogP contribution in [0, 0.1) is 0 Å². The number of rotatable bonds is 46. The summed E-state index contributed by atoms with van der Waals surface area (Å²) in [5, 5.41) is 13.7. The van der Waals surface area contributed by atoms with Crippen LogP contribution in [0.3, 0.4) is 0 Å². The second-order valence-electron chi connectivity index (χ2n) is 16.7. The summed E-state index contributed by atoms with van der Waals surface area (Å²) < 4.78 is 22.2. The number of aliphatic hydroxyl groups is 1. The van der Waals surface area contributed by atoms with Gasteiger partial charge in [-0.2, -0.15) is 0 Å². The van der Waals surface area contributed by atoms with E-state index in [1.807, 2.05) is 6.08 Å². The lowest BCUT2D eigenvalue weighted by Crippen LogP contribution is -2.45. The lowest BCUT2D eigenvalue weighted by Gasteiger charge is -2.23. The average Bonchev–Trinajstić information content (AvgIpc) is 3.21. The summed E-state index contributed by atoms with van der Waals surface area (Å²) in [4.78, 5) is 22.8. The Morgan fingerprint density at radius 2 is 0.914 bits per heavy atom. The Morgan fingerprint density at radius 1 is 0.552 bits per heavy atom. The predicted molar refractivity (Wildman–Crippen MR) is 249 cm³/mol. The number of phosphoric ester groups is 1. The number of nitrogens with two attached hydrogens (primary N) is 1. The molecule has 0 radical (unpaired) electrons. The summed E-state index contributed by atoms with van der Waals surface area (Å²) in [6.45, 7) is 4.13. The van der Waals surface area contributed by atoms with Gasteiger partial charge in [0.05, 0.1) is 25.4 Å². The highest BCUT2D eigenvalue weighted by Crippen LogP contribution is 2.43. The van der Waals surface area contributed by atoms with Crippen LogP contribution in [0.2, 0.25) is 0 Å². The van der Waals surface area contributed by atoms with E-state index < -0.39 is 20.0 Å². The monoisotopic (exact) mass is 839 g/mol. The third kappa shape index (κ3) is 42.8. The average molecular weight is 839 g/mol. The fraction of sp³-hybridized carbons (Fsp3) is 0.857. The van der Waals surface area contributed by atoms with Crippen LogP contribution in [0.4, 0.5) is 0 Å². The molecule has 0 bridgehead atoms. The molecule has 0 saturated heterocycles. The minimum absolute atomic E-state index is 0.0743. The number of amides is 1. The van der Waals surface area contributed by atoms with E-state index in [4.69, 9.17) is 14.8 Å². The van der Waals surface area contributed by atoms with Gasteiger partial charge in [0, 0.05) is 13.0 Å². The Hall–Kier alpha value is -1.28. The van der Waals surface area contributed by atoms with Crippen molar-refractivity contribution in [2.45, 2.75) is 251 Å². The second kappa shape index (κ2) is 45.3. The van der Waals surface area contributed by atoms with E-state index in [-0.39, 0.29) is 25.7 Å². The van der Waals surface area contributed by atoms with Gasteiger partial charge >= 0.3 is 7.82 Å². The van der Waals surface area contributed by atoms with E-state index in [0.29, 0.717) is 6.42 Å². The summed E-state index contributed by atoms with van der Waals surface area (Å²) in [5.74, 6) is -0.203.